The summed E-state index contributed by atoms with van der Waals surface area (Å²) in [6, 6.07) is 0. The lowest BCUT2D eigenvalue weighted by atomic mass is 10.1. The molecule has 0 bridgehead atoms. The van der Waals surface area contributed by atoms with Gasteiger partial charge in [0.15, 0.2) is 0 Å². The van der Waals surface area contributed by atoms with Gasteiger partial charge in [-0.1, -0.05) is 0 Å². The van der Waals surface area contributed by atoms with Crippen molar-refractivity contribution in [2.75, 3.05) is 13.2 Å². The second-order valence-corrected chi connectivity index (χ2v) is 2.13. The molecule has 0 radical (unpaired) electrons. The average Bonchev–Trinajstić information content (AvgIpc) is 1.91. The monoisotopic (exact) mass is 123 g/mol. The Labute approximate surface area is 56.0 Å². The van der Waals surface area contributed by atoms with Crippen molar-refractivity contribution < 1.29 is 4.74 Å². The first-order valence-electron chi connectivity index (χ1n) is 3.24. The third kappa shape index (κ3) is 2.02. The summed E-state index contributed by atoms with van der Waals surface area (Å²) in [4.78, 5) is 0. The zero-order chi connectivity index (χ0) is 6.53. The van der Waals surface area contributed by atoms with Crippen molar-refractivity contribution in [2.24, 2.45) is 0 Å². The topological polar surface area (TPSA) is 9.23 Å². The molecule has 1 aliphatic heterocycles. The average molecular weight is 123 g/mol. The molecule has 1 heteroatoms. The number of hydrogen-bond donors (Lipinski definition) is 0. The number of allylic oxidation sites excluding steroid dienone is 2. The van der Waals surface area contributed by atoms with Crippen molar-refractivity contribution >= 4 is 0 Å². The van der Waals surface area contributed by atoms with Gasteiger partial charge >= 0.3 is 0 Å². The Morgan fingerprint density at radius 3 is 2.56 bits per heavy atom. The summed E-state index contributed by atoms with van der Waals surface area (Å²) >= 11 is 0. The molecule has 1 heterocycles. The van der Waals surface area contributed by atoms with Gasteiger partial charge in [-0.05, 0) is 12.8 Å². The minimum atomic E-state index is 0.861. The van der Waals surface area contributed by atoms with E-state index in [1.165, 1.54) is 5.57 Å². The molecule has 0 aromatic carbocycles. The maximum absolute atomic E-state index is 5.22. The Morgan fingerprint density at radius 1 is 1.33 bits per heavy atom. The van der Waals surface area contributed by atoms with E-state index in [-0.39, 0.29) is 0 Å². The van der Waals surface area contributed by atoms with Crippen molar-refractivity contribution in [3.63, 3.8) is 0 Å². The second kappa shape index (κ2) is 3.46. The largest absolute Gasteiger partial charge is 0.381 e. The molecule has 0 atom stereocenters. The molecule has 50 valence electrons. The predicted molar refractivity (Wildman–Crippen MR) is 37.0 cm³/mol. The Bertz CT molecular complexity index is 117. The lowest BCUT2D eigenvalue weighted by Gasteiger charge is -2.16. The first-order chi connectivity index (χ1) is 4.43. The molecular formula is C8H11O-. The highest BCUT2D eigenvalue weighted by Gasteiger charge is 1.99. The summed E-state index contributed by atoms with van der Waals surface area (Å²) in [6.45, 7) is 6.94. The van der Waals surface area contributed by atoms with E-state index in [1.807, 2.05) is 6.08 Å². The van der Waals surface area contributed by atoms with Gasteiger partial charge in [-0.3, -0.25) is 6.58 Å². The fourth-order valence-electron chi connectivity index (χ4n) is 0.936. The maximum atomic E-state index is 5.22. The van der Waals surface area contributed by atoms with Gasteiger partial charge in [0.1, 0.15) is 0 Å². The molecule has 0 spiro atoms. The van der Waals surface area contributed by atoms with Crippen LogP contribution in [-0.4, -0.2) is 13.2 Å². The fraction of sp³-hybridized carbons (Fsp3) is 0.500. The normalized spacial score (nSPS) is 19.3. The first-order valence-corrected chi connectivity index (χ1v) is 3.24. The molecule has 1 aliphatic rings. The summed E-state index contributed by atoms with van der Waals surface area (Å²) in [6.07, 6.45) is 5.67. The zero-order valence-electron chi connectivity index (χ0n) is 5.47. The predicted octanol–water partition coefficient (Wildman–Crippen LogP) is 1.71. The van der Waals surface area contributed by atoms with Crippen LogP contribution in [0.4, 0.5) is 0 Å². The molecule has 1 nitrogen and oxygen atoms in total. The third-order valence-corrected chi connectivity index (χ3v) is 1.47. The Balaban J connectivity index is 2.39. The van der Waals surface area contributed by atoms with E-state index in [9.17, 15) is 0 Å². The molecule has 0 aliphatic carbocycles. The summed E-state index contributed by atoms with van der Waals surface area (Å²) in [5, 5.41) is 0. The Morgan fingerprint density at radius 2 is 2.00 bits per heavy atom. The van der Waals surface area contributed by atoms with E-state index in [0.29, 0.717) is 0 Å². The fourth-order valence-corrected chi connectivity index (χ4v) is 0.936. The molecule has 0 aromatic rings. The van der Waals surface area contributed by atoms with Crippen LogP contribution in [0.25, 0.3) is 0 Å². The van der Waals surface area contributed by atoms with Crippen LogP contribution in [0, 0.1) is 6.58 Å². The molecule has 0 amide bonds. The van der Waals surface area contributed by atoms with E-state index in [2.05, 4.69) is 0 Å². The van der Waals surface area contributed by atoms with E-state index in [1.54, 1.807) is 6.08 Å². The molecule has 1 saturated heterocycles. The standard InChI is InChI=1S/C8H11O/c1-2-3-8-4-6-9-7-5-8/h1-3H,4-7H2/q-1. The second-order valence-electron chi connectivity index (χ2n) is 2.13. The van der Waals surface area contributed by atoms with Crippen LogP contribution >= 0.6 is 0 Å². The van der Waals surface area contributed by atoms with Crippen LogP contribution in [0.1, 0.15) is 12.8 Å². The van der Waals surface area contributed by atoms with Crippen LogP contribution in [0.3, 0.4) is 0 Å². The van der Waals surface area contributed by atoms with Crippen LogP contribution in [0.2, 0.25) is 0 Å². The Hall–Kier alpha value is -0.560. The third-order valence-electron chi connectivity index (χ3n) is 1.47. The van der Waals surface area contributed by atoms with Gasteiger partial charge in [0.25, 0.3) is 0 Å². The van der Waals surface area contributed by atoms with Crippen molar-refractivity contribution in [2.45, 2.75) is 12.8 Å². The van der Waals surface area contributed by atoms with Gasteiger partial charge in [0.2, 0.25) is 0 Å². The van der Waals surface area contributed by atoms with E-state index in [4.69, 9.17) is 11.3 Å². The smallest absolute Gasteiger partial charge is 0.0488 e. The quantitative estimate of drug-likeness (QED) is 0.482. The van der Waals surface area contributed by atoms with Gasteiger partial charge in [-0.25, -0.2) is 12.2 Å². The van der Waals surface area contributed by atoms with Gasteiger partial charge in [0, 0.05) is 13.2 Å². The summed E-state index contributed by atoms with van der Waals surface area (Å²) in [7, 11) is 0. The van der Waals surface area contributed by atoms with Crippen LogP contribution in [-0.2, 0) is 4.74 Å². The summed E-state index contributed by atoms with van der Waals surface area (Å²) in [5.74, 6) is 0. The SMILES string of the molecule is [CH-]=CC=C1CCOCC1. The molecule has 0 N–H and O–H groups in total. The van der Waals surface area contributed by atoms with E-state index in [0.717, 1.165) is 26.1 Å². The van der Waals surface area contributed by atoms with Crippen molar-refractivity contribution in [3.05, 3.63) is 24.3 Å². The number of ether oxygens (including phenoxy) is 1. The van der Waals surface area contributed by atoms with Gasteiger partial charge < -0.3 is 4.74 Å². The maximum Gasteiger partial charge on any atom is 0.0488 e. The number of hydrogen-bond acceptors (Lipinski definition) is 1. The molecular weight excluding hydrogens is 112 g/mol. The lowest BCUT2D eigenvalue weighted by molar-refractivity contribution is 0.119. The minimum Gasteiger partial charge on any atom is -0.381 e. The molecule has 9 heavy (non-hydrogen) atoms. The highest BCUT2D eigenvalue weighted by atomic mass is 16.5. The van der Waals surface area contributed by atoms with Gasteiger partial charge in [-0.2, -0.15) is 0 Å². The molecule has 0 unspecified atom stereocenters. The molecule has 0 aromatic heterocycles. The summed E-state index contributed by atoms with van der Waals surface area (Å²) in [5.41, 5.74) is 1.41. The highest BCUT2D eigenvalue weighted by Crippen LogP contribution is 2.12. The lowest BCUT2D eigenvalue weighted by Crippen LogP contribution is -2.06. The van der Waals surface area contributed by atoms with Crippen molar-refractivity contribution in [3.8, 4) is 0 Å². The molecule has 1 rings (SSSR count). The summed E-state index contributed by atoms with van der Waals surface area (Å²) < 4.78 is 5.15. The van der Waals surface area contributed by atoms with Gasteiger partial charge in [-0.15, -0.1) is 5.57 Å². The molecule has 0 saturated carbocycles. The van der Waals surface area contributed by atoms with Crippen LogP contribution in [0.5, 0.6) is 0 Å². The highest BCUT2D eigenvalue weighted by molar-refractivity contribution is 5.10. The van der Waals surface area contributed by atoms with E-state index >= 15 is 0 Å². The first kappa shape index (κ1) is 6.56. The molecule has 1 fully saturated rings. The Kier molecular flexibility index (Phi) is 2.52. The van der Waals surface area contributed by atoms with Crippen molar-refractivity contribution in [1.29, 1.82) is 0 Å². The van der Waals surface area contributed by atoms with Gasteiger partial charge in [0.05, 0.1) is 0 Å². The van der Waals surface area contributed by atoms with Crippen LogP contribution < -0.4 is 0 Å². The zero-order valence-corrected chi connectivity index (χ0v) is 5.47. The van der Waals surface area contributed by atoms with Crippen molar-refractivity contribution in [1.82, 2.24) is 0 Å². The number of rotatable bonds is 1. The van der Waals surface area contributed by atoms with Crippen LogP contribution in [0.15, 0.2) is 17.7 Å². The minimum absolute atomic E-state index is 0.861. The van der Waals surface area contributed by atoms with E-state index < -0.39 is 0 Å².